The number of nitrogens with one attached hydrogen (secondary N) is 2. The van der Waals surface area contributed by atoms with Crippen LogP contribution in [-0.2, 0) is 0 Å². The summed E-state index contributed by atoms with van der Waals surface area (Å²) in [5, 5.41) is 20.0. The number of rotatable bonds is 18. The Balaban J connectivity index is 1.95. The third kappa shape index (κ3) is 13.9. The van der Waals surface area contributed by atoms with Crippen LogP contribution in [0, 0.1) is 0 Å². The normalized spacial score (nSPS) is 10.8. The second kappa shape index (κ2) is 18.9. The van der Waals surface area contributed by atoms with Crippen LogP contribution in [0.15, 0.2) is 18.2 Å². The van der Waals surface area contributed by atoms with Crippen molar-refractivity contribution in [1.29, 1.82) is 0 Å². The number of hydrazine groups is 2. The molecule has 0 saturated carbocycles. The first-order chi connectivity index (χ1) is 16.5. The maximum absolute atomic E-state index is 12.0. The number of carbonyl (C=O) groups is 2. The van der Waals surface area contributed by atoms with Gasteiger partial charge in [-0.1, -0.05) is 103 Å². The van der Waals surface area contributed by atoms with Crippen LogP contribution in [0.3, 0.4) is 0 Å². The highest BCUT2D eigenvalue weighted by Gasteiger charge is 2.14. The highest BCUT2D eigenvalue weighted by molar-refractivity contribution is 5.97. The zero-order valence-corrected chi connectivity index (χ0v) is 21.0. The summed E-state index contributed by atoms with van der Waals surface area (Å²) in [7, 11) is 0. The van der Waals surface area contributed by atoms with Crippen molar-refractivity contribution in [3.05, 3.63) is 23.8 Å². The van der Waals surface area contributed by atoms with Gasteiger partial charge in [0.15, 0.2) is 0 Å². The molecule has 194 valence electrons. The average Bonchev–Trinajstić information content (AvgIpc) is 2.81. The Bertz CT molecular complexity index is 699. The minimum absolute atomic E-state index is 0.0699. The van der Waals surface area contributed by atoms with Crippen molar-refractivity contribution in [3.8, 4) is 11.5 Å². The number of hydrogen-bond acceptors (Lipinski definition) is 5. The van der Waals surface area contributed by atoms with Gasteiger partial charge in [0.25, 0.3) is 5.91 Å². The van der Waals surface area contributed by atoms with E-state index < -0.39 is 11.9 Å². The van der Waals surface area contributed by atoms with Crippen LogP contribution in [0.1, 0.15) is 120 Å². The van der Waals surface area contributed by atoms with Crippen LogP contribution < -0.4 is 16.7 Å². The quantitative estimate of drug-likeness (QED) is 0.0778. The Morgan fingerprint density at radius 3 is 1.71 bits per heavy atom. The molecule has 34 heavy (non-hydrogen) atoms. The van der Waals surface area contributed by atoms with Crippen LogP contribution in [0.5, 0.6) is 11.5 Å². The van der Waals surface area contributed by atoms with Gasteiger partial charge >= 0.3 is 6.03 Å². The molecule has 8 nitrogen and oxygen atoms in total. The molecule has 1 rings (SSSR count). The van der Waals surface area contributed by atoms with E-state index in [1.807, 2.05) is 0 Å². The van der Waals surface area contributed by atoms with Crippen LogP contribution in [0.4, 0.5) is 4.79 Å². The van der Waals surface area contributed by atoms with Gasteiger partial charge in [-0.25, -0.2) is 16.1 Å². The van der Waals surface area contributed by atoms with Gasteiger partial charge in [-0.15, -0.1) is 0 Å². The second-order valence-electron chi connectivity index (χ2n) is 9.08. The number of aromatic hydroxyl groups is 2. The van der Waals surface area contributed by atoms with Crippen molar-refractivity contribution in [2.45, 2.75) is 110 Å². The summed E-state index contributed by atoms with van der Waals surface area (Å²) in [5.41, 5.74) is 4.34. The average molecular weight is 479 g/mol. The molecule has 0 spiro atoms. The van der Waals surface area contributed by atoms with Gasteiger partial charge in [-0.05, 0) is 18.6 Å². The van der Waals surface area contributed by atoms with Crippen LogP contribution in [0.25, 0.3) is 0 Å². The number of urea groups is 1. The van der Waals surface area contributed by atoms with E-state index in [-0.39, 0.29) is 17.1 Å². The molecule has 0 fully saturated rings. The van der Waals surface area contributed by atoms with Crippen molar-refractivity contribution in [2.75, 3.05) is 6.54 Å². The number of phenols is 2. The third-order valence-corrected chi connectivity index (χ3v) is 6.02. The standard InChI is InChI=1S/C26H46N4O4/c1-2-3-4-5-6-7-8-9-10-11-12-13-14-15-16-17-20-30(27)26(34)29-28-25(33)23-19-18-22(31)21-24(23)32/h18-19,21,31-32H,2-17,20,27H2,1H3,(H,28,33)(H,29,34). The minimum atomic E-state index is -0.707. The minimum Gasteiger partial charge on any atom is -0.508 e. The first-order valence-corrected chi connectivity index (χ1v) is 13.1. The number of carbonyl (C=O) groups excluding carboxylic acids is 2. The zero-order chi connectivity index (χ0) is 25.0. The molecule has 6 N–H and O–H groups in total. The molecule has 0 heterocycles. The van der Waals surface area contributed by atoms with E-state index in [4.69, 9.17) is 5.84 Å². The molecule has 0 unspecified atom stereocenters. The van der Waals surface area contributed by atoms with E-state index in [9.17, 15) is 19.8 Å². The summed E-state index contributed by atoms with van der Waals surface area (Å²) in [5.74, 6) is 4.49. The maximum atomic E-state index is 12.0. The SMILES string of the molecule is CCCCCCCCCCCCCCCCCCN(N)C(=O)NNC(=O)c1ccc(O)cc1O. The molecule has 0 aromatic heterocycles. The molecule has 1 aromatic rings. The van der Waals surface area contributed by atoms with Crippen molar-refractivity contribution in [3.63, 3.8) is 0 Å². The summed E-state index contributed by atoms with van der Waals surface area (Å²) in [6.07, 6.45) is 20.5. The second-order valence-corrected chi connectivity index (χ2v) is 9.08. The number of nitrogens with two attached hydrogens (primary N) is 1. The fourth-order valence-corrected chi connectivity index (χ4v) is 3.89. The van der Waals surface area contributed by atoms with E-state index in [0.29, 0.717) is 6.54 Å². The first kappa shape index (κ1) is 29.6. The molecular weight excluding hydrogens is 432 g/mol. The van der Waals surface area contributed by atoms with Crippen LogP contribution >= 0.6 is 0 Å². The largest absolute Gasteiger partial charge is 0.508 e. The Morgan fingerprint density at radius 2 is 1.24 bits per heavy atom. The number of benzene rings is 1. The van der Waals surface area contributed by atoms with Gasteiger partial charge in [0.2, 0.25) is 0 Å². The number of amides is 3. The summed E-state index contributed by atoms with van der Waals surface area (Å²) >= 11 is 0. The summed E-state index contributed by atoms with van der Waals surface area (Å²) in [4.78, 5) is 24.0. The molecule has 1 aromatic carbocycles. The lowest BCUT2D eigenvalue weighted by atomic mass is 10.0. The lowest BCUT2D eigenvalue weighted by Crippen LogP contribution is -2.51. The molecule has 0 aliphatic rings. The number of unbranched alkanes of at least 4 members (excludes halogenated alkanes) is 15. The monoisotopic (exact) mass is 478 g/mol. The Labute approximate surface area is 205 Å². The van der Waals surface area contributed by atoms with Crippen molar-refractivity contribution in [2.24, 2.45) is 5.84 Å². The van der Waals surface area contributed by atoms with Crippen LogP contribution in [0.2, 0.25) is 0 Å². The summed E-state index contributed by atoms with van der Waals surface area (Å²) < 4.78 is 0. The van der Waals surface area contributed by atoms with Crippen molar-refractivity contribution < 1.29 is 19.8 Å². The highest BCUT2D eigenvalue weighted by Crippen LogP contribution is 2.22. The van der Waals surface area contributed by atoms with E-state index in [0.717, 1.165) is 30.3 Å². The van der Waals surface area contributed by atoms with Gasteiger partial charge in [0.05, 0.1) is 5.56 Å². The zero-order valence-electron chi connectivity index (χ0n) is 21.0. The molecule has 0 atom stereocenters. The topological polar surface area (TPSA) is 128 Å². The van der Waals surface area contributed by atoms with Gasteiger partial charge in [-0.3, -0.25) is 15.2 Å². The lowest BCUT2D eigenvalue weighted by molar-refractivity contribution is 0.0927. The first-order valence-electron chi connectivity index (χ1n) is 13.1. The fourth-order valence-electron chi connectivity index (χ4n) is 3.89. The Morgan fingerprint density at radius 1 is 0.765 bits per heavy atom. The van der Waals surface area contributed by atoms with Gasteiger partial charge in [0, 0.05) is 12.6 Å². The molecule has 0 aliphatic heterocycles. The summed E-state index contributed by atoms with van der Waals surface area (Å²) in [6, 6.07) is 2.93. The maximum Gasteiger partial charge on any atom is 0.350 e. The summed E-state index contributed by atoms with van der Waals surface area (Å²) in [6.45, 7) is 2.65. The predicted molar refractivity (Wildman–Crippen MR) is 136 cm³/mol. The smallest absolute Gasteiger partial charge is 0.350 e. The van der Waals surface area contributed by atoms with Crippen LogP contribution in [-0.4, -0.2) is 33.7 Å². The molecular formula is C26H46N4O4. The highest BCUT2D eigenvalue weighted by atomic mass is 16.3. The van der Waals surface area contributed by atoms with E-state index in [1.165, 1.54) is 95.6 Å². The van der Waals surface area contributed by atoms with Crippen molar-refractivity contribution >= 4 is 11.9 Å². The number of hydrogen-bond donors (Lipinski definition) is 5. The molecule has 8 heteroatoms. The number of nitrogens with zero attached hydrogens (tertiary/aromatic N) is 1. The van der Waals surface area contributed by atoms with Crippen molar-refractivity contribution in [1.82, 2.24) is 15.9 Å². The fraction of sp³-hybridized carbons (Fsp3) is 0.692. The van der Waals surface area contributed by atoms with E-state index in [2.05, 4.69) is 17.8 Å². The molecule has 0 bridgehead atoms. The third-order valence-electron chi connectivity index (χ3n) is 6.02. The molecule has 0 saturated heterocycles. The lowest BCUT2D eigenvalue weighted by Gasteiger charge is -2.17. The Kier molecular flexibility index (Phi) is 16.4. The molecule has 0 radical (unpaired) electrons. The van der Waals surface area contributed by atoms with Gasteiger partial charge in [-0.2, -0.15) is 0 Å². The van der Waals surface area contributed by atoms with E-state index in [1.54, 1.807) is 0 Å². The number of phenolic OH excluding ortho intramolecular Hbond substituents is 2. The Hall–Kier alpha value is -2.48. The predicted octanol–water partition coefficient (Wildman–Crippen LogP) is 5.89. The molecule has 0 aliphatic carbocycles. The van der Waals surface area contributed by atoms with Gasteiger partial charge in [0.1, 0.15) is 11.5 Å². The van der Waals surface area contributed by atoms with E-state index >= 15 is 0 Å². The van der Waals surface area contributed by atoms with Gasteiger partial charge < -0.3 is 10.2 Å². The molecule has 3 amide bonds.